The largest absolute Gasteiger partial charge is 0.338 e. The van der Waals surface area contributed by atoms with Crippen LogP contribution in [0.3, 0.4) is 0 Å². The number of rotatable bonds is 6. The van der Waals surface area contributed by atoms with E-state index >= 15 is 0 Å². The van der Waals surface area contributed by atoms with Gasteiger partial charge in [-0.2, -0.15) is 4.98 Å². The predicted octanol–water partition coefficient (Wildman–Crippen LogP) is 2.76. The van der Waals surface area contributed by atoms with E-state index in [0.717, 1.165) is 38.2 Å². The van der Waals surface area contributed by atoms with E-state index in [2.05, 4.69) is 9.97 Å². The van der Waals surface area contributed by atoms with Crippen molar-refractivity contribution in [2.45, 2.75) is 51.1 Å². The van der Waals surface area contributed by atoms with Crippen molar-refractivity contribution in [1.29, 1.82) is 0 Å². The lowest BCUT2D eigenvalue weighted by Gasteiger charge is -2.33. The highest BCUT2D eigenvalue weighted by molar-refractivity contribution is 6.28. The van der Waals surface area contributed by atoms with Crippen molar-refractivity contribution in [3.8, 4) is 0 Å². The summed E-state index contributed by atoms with van der Waals surface area (Å²) >= 11 is 5.80. The molecule has 1 unspecified atom stereocenters. The molecule has 0 bridgehead atoms. The molecule has 7 nitrogen and oxygen atoms in total. The van der Waals surface area contributed by atoms with Gasteiger partial charge in [-0.3, -0.25) is 10.1 Å². The summed E-state index contributed by atoms with van der Waals surface area (Å²) in [5.41, 5.74) is -0.216. The van der Waals surface area contributed by atoms with Crippen LogP contribution in [0.2, 0.25) is 5.28 Å². The van der Waals surface area contributed by atoms with Crippen molar-refractivity contribution in [1.82, 2.24) is 9.97 Å². The molecule has 0 saturated heterocycles. The lowest BCUT2D eigenvalue weighted by molar-refractivity contribution is -0.384. The Morgan fingerprint density at radius 2 is 2.24 bits per heavy atom. The van der Waals surface area contributed by atoms with E-state index in [1.165, 1.54) is 0 Å². The molecule has 1 heterocycles. The number of aldehydes is 1. The molecule has 21 heavy (non-hydrogen) atoms. The average molecular weight is 313 g/mol. The number of halogens is 1. The maximum atomic E-state index is 11.4. The normalized spacial score (nSPS) is 16.7. The van der Waals surface area contributed by atoms with Crippen LogP contribution in [0, 0.1) is 10.1 Å². The minimum absolute atomic E-state index is 0.0562. The average Bonchev–Trinajstić information content (AvgIpc) is 2.97. The van der Waals surface area contributed by atoms with Crippen LogP contribution in [-0.2, 0) is 4.79 Å². The zero-order valence-electron chi connectivity index (χ0n) is 11.7. The number of nitro groups is 1. The Morgan fingerprint density at radius 1 is 1.57 bits per heavy atom. The molecule has 2 rings (SSSR count). The monoisotopic (exact) mass is 312 g/mol. The lowest BCUT2D eigenvalue weighted by atomic mass is 10.1. The highest BCUT2D eigenvalue weighted by atomic mass is 35.5. The summed E-state index contributed by atoms with van der Waals surface area (Å²) in [6, 6.07) is -0.373. The van der Waals surface area contributed by atoms with Crippen LogP contribution in [0.5, 0.6) is 0 Å². The Hall–Kier alpha value is -1.76. The molecule has 0 aliphatic heterocycles. The van der Waals surface area contributed by atoms with Gasteiger partial charge in [-0.15, -0.1) is 0 Å². The topological polar surface area (TPSA) is 89.2 Å². The molecule has 0 N–H and O–H groups in total. The van der Waals surface area contributed by atoms with Gasteiger partial charge in [-0.1, -0.05) is 19.8 Å². The molecule has 1 fully saturated rings. The Labute approximate surface area is 127 Å². The van der Waals surface area contributed by atoms with E-state index in [0.29, 0.717) is 6.42 Å². The van der Waals surface area contributed by atoms with Gasteiger partial charge in [0.2, 0.25) is 11.1 Å². The van der Waals surface area contributed by atoms with Crippen molar-refractivity contribution in [3.05, 3.63) is 21.6 Å². The van der Waals surface area contributed by atoms with Crippen LogP contribution in [0.1, 0.15) is 39.0 Å². The summed E-state index contributed by atoms with van der Waals surface area (Å²) in [5.74, 6) is 0.144. The SMILES string of the molecule is CCC(C=O)N(c1nc(Cl)ncc1[N+](=O)[O-])C1CCCC1. The number of hydrogen-bond donors (Lipinski definition) is 0. The molecule has 1 aliphatic carbocycles. The van der Waals surface area contributed by atoms with Crippen LogP contribution in [-0.4, -0.2) is 33.3 Å². The van der Waals surface area contributed by atoms with E-state index in [4.69, 9.17) is 11.6 Å². The summed E-state index contributed by atoms with van der Waals surface area (Å²) in [5, 5.41) is 11.2. The number of anilines is 1. The third-order valence-electron chi connectivity index (χ3n) is 3.81. The standard InChI is InChI=1S/C13H17ClN4O3/c1-2-9(8-19)17(10-5-3-4-6-10)12-11(18(20)21)7-15-13(14)16-12/h7-10H,2-6H2,1H3. The molecular weight excluding hydrogens is 296 g/mol. The van der Waals surface area contributed by atoms with Gasteiger partial charge in [0.25, 0.3) is 0 Å². The van der Waals surface area contributed by atoms with Gasteiger partial charge in [0, 0.05) is 6.04 Å². The number of carbonyl (C=O) groups is 1. The molecule has 1 aliphatic rings. The number of hydrogen-bond acceptors (Lipinski definition) is 6. The smallest absolute Gasteiger partial charge is 0.329 e. The molecule has 1 atom stereocenters. The highest BCUT2D eigenvalue weighted by Crippen LogP contribution is 2.34. The van der Waals surface area contributed by atoms with Crippen LogP contribution < -0.4 is 4.90 Å². The minimum Gasteiger partial charge on any atom is -0.338 e. The fourth-order valence-corrected chi connectivity index (χ4v) is 2.94. The van der Waals surface area contributed by atoms with Gasteiger partial charge in [0.1, 0.15) is 12.5 Å². The second-order valence-electron chi connectivity index (χ2n) is 5.06. The molecule has 0 radical (unpaired) electrons. The van der Waals surface area contributed by atoms with Crippen LogP contribution in [0.25, 0.3) is 0 Å². The number of carbonyl (C=O) groups excluding carboxylic acids is 1. The van der Waals surface area contributed by atoms with Crippen molar-refractivity contribution >= 4 is 29.4 Å². The Morgan fingerprint density at radius 3 is 2.76 bits per heavy atom. The maximum Gasteiger partial charge on any atom is 0.329 e. The van der Waals surface area contributed by atoms with Gasteiger partial charge in [-0.25, -0.2) is 4.98 Å². The minimum atomic E-state index is -0.537. The molecule has 1 aromatic heterocycles. The van der Waals surface area contributed by atoms with Crippen molar-refractivity contribution in [3.63, 3.8) is 0 Å². The second kappa shape index (κ2) is 6.80. The summed E-state index contributed by atoms with van der Waals surface area (Å²) < 4.78 is 0. The fourth-order valence-electron chi connectivity index (χ4n) is 2.81. The fraction of sp³-hybridized carbons (Fsp3) is 0.615. The Kier molecular flexibility index (Phi) is 5.06. The Bertz CT molecular complexity index is 534. The highest BCUT2D eigenvalue weighted by Gasteiger charge is 2.34. The van der Waals surface area contributed by atoms with E-state index in [-0.39, 0.29) is 22.8 Å². The van der Waals surface area contributed by atoms with Gasteiger partial charge in [0.15, 0.2) is 0 Å². The first-order chi connectivity index (χ1) is 10.1. The first kappa shape index (κ1) is 15.6. The van der Waals surface area contributed by atoms with Crippen molar-refractivity contribution in [2.24, 2.45) is 0 Å². The molecule has 0 spiro atoms. The summed E-state index contributed by atoms with van der Waals surface area (Å²) in [6.07, 6.45) is 6.35. The van der Waals surface area contributed by atoms with E-state index in [1.54, 1.807) is 4.90 Å². The van der Waals surface area contributed by atoms with E-state index in [9.17, 15) is 14.9 Å². The molecule has 1 saturated carbocycles. The van der Waals surface area contributed by atoms with E-state index < -0.39 is 11.0 Å². The molecule has 0 amide bonds. The Balaban J connectivity index is 2.51. The molecule has 0 aromatic carbocycles. The van der Waals surface area contributed by atoms with Crippen molar-refractivity contribution < 1.29 is 9.72 Å². The summed E-state index contributed by atoms with van der Waals surface area (Å²) in [4.78, 5) is 31.5. The molecule has 114 valence electrons. The van der Waals surface area contributed by atoms with Gasteiger partial charge in [-0.05, 0) is 30.9 Å². The predicted molar refractivity (Wildman–Crippen MR) is 78.6 cm³/mol. The number of nitrogens with zero attached hydrogens (tertiary/aromatic N) is 4. The number of aromatic nitrogens is 2. The first-order valence-electron chi connectivity index (χ1n) is 6.99. The van der Waals surface area contributed by atoms with Crippen LogP contribution in [0.15, 0.2) is 6.20 Å². The quantitative estimate of drug-likeness (QED) is 0.347. The van der Waals surface area contributed by atoms with Crippen LogP contribution >= 0.6 is 11.6 Å². The van der Waals surface area contributed by atoms with E-state index in [1.807, 2.05) is 6.92 Å². The van der Waals surface area contributed by atoms with Gasteiger partial charge < -0.3 is 9.69 Å². The molecular formula is C13H17ClN4O3. The summed E-state index contributed by atoms with van der Waals surface area (Å²) in [7, 11) is 0. The zero-order valence-corrected chi connectivity index (χ0v) is 12.5. The lowest BCUT2D eigenvalue weighted by Crippen LogP contribution is -2.44. The zero-order chi connectivity index (χ0) is 15.4. The molecule has 8 heteroatoms. The van der Waals surface area contributed by atoms with Gasteiger partial charge >= 0.3 is 5.69 Å². The second-order valence-corrected chi connectivity index (χ2v) is 5.40. The van der Waals surface area contributed by atoms with Crippen LogP contribution in [0.4, 0.5) is 11.5 Å². The maximum absolute atomic E-state index is 11.4. The van der Waals surface area contributed by atoms with Gasteiger partial charge in [0.05, 0.1) is 11.0 Å². The molecule has 1 aromatic rings. The summed E-state index contributed by atoms with van der Waals surface area (Å²) in [6.45, 7) is 1.87. The van der Waals surface area contributed by atoms with Crippen molar-refractivity contribution in [2.75, 3.05) is 4.90 Å². The third kappa shape index (κ3) is 3.29. The first-order valence-corrected chi connectivity index (χ1v) is 7.36. The third-order valence-corrected chi connectivity index (χ3v) is 3.99.